The first-order valence-electron chi connectivity index (χ1n) is 9.11. The Morgan fingerprint density at radius 3 is 2.21 bits per heavy atom. The van der Waals surface area contributed by atoms with Crippen LogP contribution >= 0.6 is 11.6 Å². The molecule has 0 spiro atoms. The van der Waals surface area contributed by atoms with Gasteiger partial charge in [-0.3, -0.25) is 9.59 Å². The first kappa shape index (κ1) is 22.2. The molecule has 0 fully saturated rings. The summed E-state index contributed by atoms with van der Waals surface area (Å²) in [5, 5.41) is 16.9. The molecule has 6 nitrogen and oxygen atoms in total. The van der Waals surface area contributed by atoms with Crippen molar-refractivity contribution in [2.45, 2.75) is 26.3 Å². The van der Waals surface area contributed by atoms with Crippen LogP contribution in [-0.4, -0.2) is 23.8 Å². The van der Waals surface area contributed by atoms with Crippen molar-refractivity contribution >= 4 is 35.5 Å². The third kappa shape index (κ3) is 7.08. The molecule has 2 amide bonds. The van der Waals surface area contributed by atoms with Gasteiger partial charge in [0, 0.05) is 10.6 Å². The Kier molecular flexibility index (Phi) is 7.98. The highest BCUT2D eigenvalue weighted by Crippen LogP contribution is 2.13. The van der Waals surface area contributed by atoms with Crippen LogP contribution in [0.15, 0.2) is 60.3 Å². The van der Waals surface area contributed by atoms with Gasteiger partial charge in [-0.2, -0.15) is 0 Å². The molecule has 7 heteroatoms. The lowest BCUT2D eigenvalue weighted by Gasteiger charge is -2.22. The van der Waals surface area contributed by atoms with Crippen molar-refractivity contribution in [1.29, 1.82) is 0 Å². The van der Waals surface area contributed by atoms with Gasteiger partial charge in [0.25, 0.3) is 11.8 Å². The Labute approximate surface area is 174 Å². The Balaban J connectivity index is 2.30. The summed E-state index contributed by atoms with van der Waals surface area (Å²) in [7, 11) is 0. The van der Waals surface area contributed by atoms with Gasteiger partial charge in [0.05, 0.1) is 12.0 Å². The molecule has 0 aliphatic carbocycles. The molecule has 0 aromatic heterocycles. The zero-order chi connectivity index (χ0) is 21.4. The molecule has 0 saturated heterocycles. The van der Waals surface area contributed by atoms with Crippen molar-refractivity contribution in [2.24, 2.45) is 5.92 Å². The average Bonchev–Trinajstić information content (AvgIpc) is 2.68. The summed E-state index contributed by atoms with van der Waals surface area (Å²) in [6, 6.07) is 13.8. The molecular formula is C22H22ClN2O4-. The molecule has 152 valence electrons. The van der Waals surface area contributed by atoms with E-state index in [4.69, 9.17) is 11.6 Å². The van der Waals surface area contributed by atoms with Crippen molar-refractivity contribution in [1.82, 2.24) is 10.6 Å². The fourth-order valence-corrected chi connectivity index (χ4v) is 2.72. The van der Waals surface area contributed by atoms with Crippen LogP contribution in [0.25, 0.3) is 6.08 Å². The summed E-state index contributed by atoms with van der Waals surface area (Å²) in [4.78, 5) is 36.7. The molecule has 0 heterocycles. The van der Waals surface area contributed by atoms with Crippen LogP contribution in [-0.2, 0) is 9.59 Å². The maximum Gasteiger partial charge on any atom is 0.268 e. The lowest BCUT2D eigenvalue weighted by atomic mass is 10.0. The number of carbonyl (C=O) groups is 3. The number of carbonyl (C=O) groups excluding carboxylic acids is 3. The number of hydrogen-bond acceptors (Lipinski definition) is 4. The van der Waals surface area contributed by atoms with Crippen molar-refractivity contribution < 1.29 is 19.5 Å². The van der Waals surface area contributed by atoms with E-state index in [9.17, 15) is 19.5 Å². The van der Waals surface area contributed by atoms with E-state index in [0.29, 0.717) is 16.1 Å². The predicted octanol–water partition coefficient (Wildman–Crippen LogP) is 2.39. The Morgan fingerprint density at radius 2 is 1.66 bits per heavy atom. The fourth-order valence-electron chi connectivity index (χ4n) is 2.59. The maximum atomic E-state index is 12.8. The Bertz CT molecular complexity index is 893. The van der Waals surface area contributed by atoms with Crippen LogP contribution in [0, 0.1) is 5.92 Å². The first-order valence-corrected chi connectivity index (χ1v) is 9.49. The van der Waals surface area contributed by atoms with Crippen LogP contribution in [0.4, 0.5) is 0 Å². The monoisotopic (exact) mass is 413 g/mol. The predicted molar refractivity (Wildman–Crippen MR) is 110 cm³/mol. The van der Waals surface area contributed by atoms with Gasteiger partial charge in [-0.25, -0.2) is 0 Å². The number of benzene rings is 2. The number of carboxylic acid groups (broad SMARTS) is 1. The highest BCUT2D eigenvalue weighted by atomic mass is 35.5. The highest BCUT2D eigenvalue weighted by Gasteiger charge is 2.20. The van der Waals surface area contributed by atoms with Crippen LogP contribution in [0.1, 0.15) is 36.2 Å². The maximum absolute atomic E-state index is 12.8. The molecule has 0 bridgehead atoms. The normalized spacial score (nSPS) is 12.3. The van der Waals surface area contributed by atoms with Crippen molar-refractivity contribution in [3.8, 4) is 0 Å². The average molecular weight is 414 g/mol. The zero-order valence-electron chi connectivity index (χ0n) is 16.1. The first-order chi connectivity index (χ1) is 13.8. The number of amides is 2. The second-order valence-corrected chi connectivity index (χ2v) is 7.34. The van der Waals surface area contributed by atoms with E-state index in [-0.39, 0.29) is 18.0 Å². The summed E-state index contributed by atoms with van der Waals surface area (Å²) in [6.45, 7) is 3.67. The van der Waals surface area contributed by atoms with Crippen LogP contribution < -0.4 is 15.7 Å². The topological polar surface area (TPSA) is 98.3 Å². The van der Waals surface area contributed by atoms with E-state index < -0.39 is 23.8 Å². The number of aliphatic carboxylic acids is 1. The minimum Gasteiger partial charge on any atom is -0.548 e. The second-order valence-electron chi connectivity index (χ2n) is 6.90. The molecule has 0 radical (unpaired) electrons. The van der Waals surface area contributed by atoms with Gasteiger partial charge in [-0.1, -0.05) is 55.8 Å². The number of rotatable bonds is 8. The lowest BCUT2D eigenvalue weighted by molar-refractivity contribution is -0.308. The van der Waals surface area contributed by atoms with Crippen LogP contribution in [0.5, 0.6) is 0 Å². The quantitative estimate of drug-likeness (QED) is 0.649. The number of halogens is 1. The molecule has 0 aliphatic heterocycles. The van der Waals surface area contributed by atoms with E-state index in [2.05, 4.69) is 10.6 Å². The fraction of sp³-hybridized carbons (Fsp3) is 0.227. The molecule has 1 atom stereocenters. The molecule has 2 N–H and O–H groups in total. The third-order valence-corrected chi connectivity index (χ3v) is 4.26. The van der Waals surface area contributed by atoms with Gasteiger partial charge >= 0.3 is 0 Å². The minimum atomic E-state index is -1.38. The molecule has 0 aliphatic rings. The lowest BCUT2D eigenvalue weighted by Crippen LogP contribution is -2.50. The van der Waals surface area contributed by atoms with Gasteiger partial charge in [0.2, 0.25) is 0 Å². The molecule has 2 rings (SSSR count). The zero-order valence-corrected chi connectivity index (χ0v) is 16.9. The van der Waals surface area contributed by atoms with Gasteiger partial charge in [-0.15, -0.1) is 0 Å². The molecular weight excluding hydrogens is 392 g/mol. The van der Waals surface area contributed by atoms with E-state index in [1.807, 2.05) is 13.8 Å². The van der Waals surface area contributed by atoms with E-state index in [1.54, 1.807) is 54.6 Å². The molecule has 2 aromatic carbocycles. The van der Waals surface area contributed by atoms with Crippen LogP contribution in [0.2, 0.25) is 5.02 Å². The van der Waals surface area contributed by atoms with Crippen molar-refractivity contribution in [2.75, 3.05) is 0 Å². The minimum absolute atomic E-state index is 0.0285. The van der Waals surface area contributed by atoms with Gasteiger partial charge < -0.3 is 20.5 Å². The summed E-state index contributed by atoms with van der Waals surface area (Å²) in [5.41, 5.74) is 0.888. The molecule has 0 saturated carbocycles. The number of nitrogens with one attached hydrogen (secondary N) is 2. The van der Waals surface area contributed by atoms with Crippen LogP contribution in [0.3, 0.4) is 0 Å². The summed E-state index contributed by atoms with van der Waals surface area (Å²) >= 11 is 5.89. The number of hydrogen-bond donors (Lipinski definition) is 2. The third-order valence-electron chi connectivity index (χ3n) is 4.01. The standard InChI is InChI=1S/C22H23ClN2O4/c1-14(2)12-19(22(28)29)25-21(27)18(13-15-8-10-17(23)11-9-15)24-20(26)16-6-4-3-5-7-16/h3-11,13-14,19H,12H2,1-2H3,(H,24,26)(H,25,27)(H,28,29)/p-1/b18-13+/t19-/m1/s1. The number of carboxylic acids is 1. The molecule has 29 heavy (non-hydrogen) atoms. The van der Waals surface area contributed by atoms with Crippen molar-refractivity contribution in [3.05, 3.63) is 76.4 Å². The largest absolute Gasteiger partial charge is 0.548 e. The van der Waals surface area contributed by atoms with Gasteiger partial charge in [0.1, 0.15) is 5.70 Å². The second kappa shape index (κ2) is 10.4. The highest BCUT2D eigenvalue weighted by molar-refractivity contribution is 6.30. The summed E-state index contributed by atoms with van der Waals surface area (Å²) in [5.74, 6) is -2.57. The molecule has 0 unspecified atom stereocenters. The summed E-state index contributed by atoms with van der Waals surface area (Å²) < 4.78 is 0. The summed E-state index contributed by atoms with van der Waals surface area (Å²) in [6.07, 6.45) is 1.66. The van der Waals surface area contributed by atoms with E-state index in [0.717, 1.165) is 0 Å². The molecule has 2 aromatic rings. The van der Waals surface area contributed by atoms with Crippen molar-refractivity contribution in [3.63, 3.8) is 0 Å². The smallest absolute Gasteiger partial charge is 0.268 e. The Morgan fingerprint density at radius 1 is 1.03 bits per heavy atom. The van der Waals surface area contributed by atoms with E-state index >= 15 is 0 Å². The Hall–Kier alpha value is -3.12. The SMILES string of the molecule is CC(C)C[C@@H](NC(=O)/C(=C\c1ccc(Cl)cc1)NC(=O)c1ccccc1)C(=O)[O-]. The van der Waals surface area contributed by atoms with E-state index in [1.165, 1.54) is 6.08 Å². The van der Waals surface area contributed by atoms with Gasteiger partial charge in [-0.05, 0) is 48.2 Å². The van der Waals surface area contributed by atoms with Gasteiger partial charge in [0.15, 0.2) is 0 Å².